The Labute approximate surface area is 95.5 Å². The van der Waals surface area contributed by atoms with Gasteiger partial charge in [-0.05, 0) is 24.0 Å². The molecule has 3 heteroatoms. The van der Waals surface area contributed by atoms with E-state index in [0.717, 1.165) is 18.0 Å². The molecule has 1 saturated carbocycles. The Kier molecular flexibility index (Phi) is 2.20. The van der Waals surface area contributed by atoms with E-state index in [9.17, 15) is 0 Å². The number of hydrogen-bond donors (Lipinski definition) is 0. The molecule has 0 bridgehead atoms. The van der Waals surface area contributed by atoms with Crippen LogP contribution >= 0.6 is 0 Å². The molecule has 0 N–H and O–H groups in total. The van der Waals surface area contributed by atoms with Crippen LogP contribution in [0.1, 0.15) is 43.2 Å². The molecule has 2 aliphatic carbocycles. The zero-order chi connectivity index (χ0) is 11.1. The molecule has 0 spiro atoms. The van der Waals surface area contributed by atoms with Crippen LogP contribution in [0, 0.1) is 5.92 Å². The predicted octanol–water partition coefficient (Wildman–Crippen LogP) is 2.27. The Hall–Kier alpha value is -1.38. The number of aromatic nitrogens is 1. The average molecular weight is 215 g/mol. The Morgan fingerprint density at radius 1 is 1.50 bits per heavy atom. The van der Waals surface area contributed by atoms with E-state index in [4.69, 9.17) is 0 Å². The van der Waals surface area contributed by atoms with Gasteiger partial charge in [-0.3, -0.25) is 0 Å². The zero-order valence-corrected chi connectivity index (χ0v) is 9.69. The standard InChI is InChI=1S/C13H17N3/c1-9-11-6-8-16(7-5-10-3-4-10)13(12(9)11)15-14-2/h6,8-10H,2-5,7H2,1H3/b15-13-. The highest BCUT2D eigenvalue weighted by atomic mass is 15.2. The summed E-state index contributed by atoms with van der Waals surface area (Å²) in [7, 11) is 0. The molecule has 0 radical (unpaired) electrons. The van der Waals surface area contributed by atoms with E-state index in [1.807, 2.05) is 0 Å². The van der Waals surface area contributed by atoms with Crippen molar-refractivity contribution in [2.45, 2.75) is 38.6 Å². The fourth-order valence-electron chi connectivity index (χ4n) is 2.40. The topological polar surface area (TPSA) is 29.6 Å². The van der Waals surface area contributed by atoms with Gasteiger partial charge in [0, 0.05) is 30.9 Å². The SMILES string of the molecule is C=N/N=c1/c2c(ccn1CCC1CC1)C2C. The monoisotopic (exact) mass is 215 g/mol. The van der Waals surface area contributed by atoms with Crippen LogP contribution in [0.5, 0.6) is 0 Å². The van der Waals surface area contributed by atoms with Crippen molar-refractivity contribution >= 4 is 6.72 Å². The number of fused-ring (bicyclic) bond motifs is 1. The minimum atomic E-state index is 0.572. The molecule has 16 heavy (non-hydrogen) atoms. The molecular formula is C13H17N3. The van der Waals surface area contributed by atoms with E-state index >= 15 is 0 Å². The first-order chi connectivity index (χ1) is 7.81. The molecule has 3 nitrogen and oxygen atoms in total. The summed E-state index contributed by atoms with van der Waals surface area (Å²) in [4.78, 5) is 0. The van der Waals surface area contributed by atoms with Crippen molar-refractivity contribution in [3.8, 4) is 0 Å². The number of hydrogen-bond acceptors (Lipinski definition) is 2. The minimum absolute atomic E-state index is 0.572. The number of aryl methyl sites for hydroxylation is 1. The lowest BCUT2D eigenvalue weighted by Gasteiger charge is -2.04. The van der Waals surface area contributed by atoms with E-state index in [-0.39, 0.29) is 0 Å². The molecule has 1 fully saturated rings. The van der Waals surface area contributed by atoms with Crippen LogP contribution in [0.2, 0.25) is 0 Å². The van der Waals surface area contributed by atoms with E-state index in [0.29, 0.717) is 5.92 Å². The molecule has 0 amide bonds. The van der Waals surface area contributed by atoms with Gasteiger partial charge < -0.3 is 4.57 Å². The number of rotatable bonds is 4. The maximum absolute atomic E-state index is 4.18. The minimum Gasteiger partial charge on any atom is -0.331 e. The van der Waals surface area contributed by atoms with Crippen molar-refractivity contribution in [2.24, 2.45) is 16.1 Å². The van der Waals surface area contributed by atoms with Gasteiger partial charge in [0.25, 0.3) is 0 Å². The highest BCUT2D eigenvalue weighted by molar-refractivity contribution is 5.49. The summed E-state index contributed by atoms with van der Waals surface area (Å²) >= 11 is 0. The molecule has 1 aromatic rings. The van der Waals surface area contributed by atoms with Crippen molar-refractivity contribution in [2.75, 3.05) is 0 Å². The molecular weight excluding hydrogens is 198 g/mol. The summed E-state index contributed by atoms with van der Waals surface area (Å²) in [6.07, 6.45) is 6.24. The van der Waals surface area contributed by atoms with E-state index < -0.39 is 0 Å². The van der Waals surface area contributed by atoms with Gasteiger partial charge in [-0.2, -0.15) is 5.10 Å². The van der Waals surface area contributed by atoms with Crippen LogP contribution in [0.3, 0.4) is 0 Å². The predicted molar refractivity (Wildman–Crippen MR) is 64.4 cm³/mol. The first kappa shape index (κ1) is 9.82. The third-order valence-electron chi connectivity index (χ3n) is 3.71. The molecule has 2 aliphatic rings. The molecule has 1 heterocycles. The second kappa shape index (κ2) is 3.58. The second-order valence-electron chi connectivity index (χ2n) is 4.90. The van der Waals surface area contributed by atoms with Crippen LogP contribution in [-0.2, 0) is 6.54 Å². The normalized spacial score (nSPS) is 23.1. The third kappa shape index (κ3) is 1.60. The first-order valence-electron chi connectivity index (χ1n) is 6.04. The summed E-state index contributed by atoms with van der Waals surface area (Å²) in [5, 5.41) is 7.88. The summed E-state index contributed by atoms with van der Waals surface area (Å²) < 4.78 is 2.23. The highest BCUT2D eigenvalue weighted by Gasteiger charge is 2.31. The summed E-state index contributed by atoms with van der Waals surface area (Å²) in [5.41, 5.74) is 3.82. The Morgan fingerprint density at radius 2 is 2.31 bits per heavy atom. The fraction of sp³-hybridized carbons (Fsp3) is 0.538. The van der Waals surface area contributed by atoms with Crippen LogP contribution in [0.4, 0.5) is 0 Å². The van der Waals surface area contributed by atoms with Gasteiger partial charge in [0.15, 0.2) is 5.49 Å². The maximum Gasteiger partial charge on any atom is 0.159 e. The molecule has 0 aliphatic heterocycles. The van der Waals surface area contributed by atoms with Crippen LogP contribution < -0.4 is 5.49 Å². The van der Waals surface area contributed by atoms with Crippen molar-refractivity contribution in [3.05, 3.63) is 28.9 Å². The lowest BCUT2D eigenvalue weighted by Crippen LogP contribution is -2.20. The van der Waals surface area contributed by atoms with Gasteiger partial charge in [0.05, 0.1) is 0 Å². The smallest absolute Gasteiger partial charge is 0.159 e. The van der Waals surface area contributed by atoms with Gasteiger partial charge >= 0.3 is 0 Å². The Balaban J connectivity index is 1.92. The van der Waals surface area contributed by atoms with Crippen molar-refractivity contribution in [1.82, 2.24) is 4.57 Å². The van der Waals surface area contributed by atoms with E-state index in [2.05, 4.69) is 40.7 Å². The van der Waals surface area contributed by atoms with Gasteiger partial charge in [0.2, 0.25) is 0 Å². The Morgan fingerprint density at radius 3 is 3.00 bits per heavy atom. The van der Waals surface area contributed by atoms with Crippen LogP contribution in [0.15, 0.2) is 22.5 Å². The fourth-order valence-corrected chi connectivity index (χ4v) is 2.40. The molecule has 0 saturated heterocycles. The number of pyridine rings is 1. The largest absolute Gasteiger partial charge is 0.331 e. The summed E-state index contributed by atoms with van der Waals surface area (Å²) in [5.74, 6) is 1.53. The summed E-state index contributed by atoms with van der Waals surface area (Å²) in [6.45, 7) is 6.75. The van der Waals surface area contributed by atoms with Gasteiger partial charge in [0.1, 0.15) is 0 Å². The zero-order valence-electron chi connectivity index (χ0n) is 9.69. The molecule has 3 rings (SSSR count). The highest BCUT2D eigenvalue weighted by Crippen LogP contribution is 2.39. The van der Waals surface area contributed by atoms with Crippen LogP contribution in [-0.4, -0.2) is 11.3 Å². The second-order valence-corrected chi connectivity index (χ2v) is 4.90. The lowest BCUT2D eigenvalue weighted by atomic mass is 10.3. The molecule has 0 aromatic carbocycles. The van der Waals surface area contributed by atoms with Gasteiger partial charge in [-0.1, -0.05) is 19.8 Å². The average Bonchev–Trinajstić information content (AvgIpc) is 3.17. The third-order valence-corrected chi connectivity index (χ3v) is 3.71. The number of nitrogens with zero attached hydrogens (tertiary/aromatic N) is 3. The quantitative estimate of drug-likeness (QED) is 0.545. The van der Waals surface area contributed by atoms with Gasteiger partial charge in [-0.25, -0.2) is 0 Å². The maximum atomic E-state index is 4.18. The molecule has 84 valence electrons. The lowest BCUT2D eigenvalue weighted by molar-refractivity contribution is 0.573. The summed E-state index contributed by atoms with van der Waals surface area (Å²) in [6, 6.07) is 2.22. The van der Waals surface area contributed by atoms with Gasteiger partial charge in [-0.15, -0.1) is 5.10 Å². The van der Waals surface area contributed by atoms with E-state index in [1.165, 1.54) is 30.4 Å². The Bertz CT molecular complexity index is 494. The van der Waals surface area contributed by atoms with E-state index in [1.54, 1.807) is 0 Å². The van der Waals surface area contributed by atoms with Crippen molar-refractivity contribution < 1.29 is 0 Å². The molecule has 1 aromatic heterocycles. The van der Waals surface area contributed by atoms with Crippen LogP contribution in [0.25, 0.3) is 0 Å². The van der Waals surface area contributed by atoms with Crippen molar-refractivity contribution in [1.29, 1.82) is 0 Å². The first-order valence-corrected chi connectivity index (χ1v) is 6.04. The van der Waals surface area contributed by atoms with Crippen molar-refractivity contribution in [3.63, 3.8) is 0 Å². The molecule has 1 atom stereocenters. The molecule has 1 unspecified atom stereocenters.